The monoisotopic (exact) mass is 315 g/mol. The van der Waals surface area contributed by atoms with E-state index >= 15 is 0 Å². The van der Waals surface area contributed by atoms with Gasteiger partial charge in [0.1, 0.15) is 0 Å². The molecule has 2 bridgehead atoms. The molecule has 1 amide bonds. The number of fused-ring (bicyclic) bond motifs is 5. The van der Waals surface area contributed by atoms with Gasteiger partial charge in [-0.15, -0.1) is 0 Å². The molecule has 4 rings (SSSR count). The second kappa shape index (κ2) is 4.51. The summed E-state index contributed by atoms with van der Waals surface area (Å²) in [6, 6.07) is 6.14. The Hall–Kier alpha value is -1.53. The first-order valence-corrected chi connectivity index (χ1v) is 8.22. The molecule has 0 radical (unpaired) electrons. The SMILES string of the molecule is CC1(C)OB(c2ccc3c(c2)C2CCC3N2C(=O)O)OC1(C)C. The molecule has 2 unspecified atom stereocenters. The minimum absolute atomic E-state index is 0.0137. The fraction of sp³-hybridized carbons (Fsp3) is 0.588. The average Bonchev–Trinajstić information content (AvgIpc) is 3.07. The van der Waals surface area contributed by atoms with Crippen molar-refractivity contribution in [2.45, 2.75) is 63.8 Å². The highest BCUT2D eigenvalue weighted by molar-refractivity contribution is 6.62. The van der Waals surface area contributed by atoms with Crippen LogP contribution in [0.5, 0.6) is 0 Å². The number of carboxylic acid groups (broad SMARTS) is 1. The number of amides is 1. The zero-order valence-electron chi connectivity index (χ0n) is 14.0. The third-order valence-corrected chi connectivity index (χ3v) is 5.96. The lowest BCUT2D eigenvalue weighted by Crippen LogP contribution is -2.41. The van der Waals surface area contributed by atoms with E-state index in [0.29, 0.717) is 0 Å². The number of hydrogen-bond acceptors (Lipinski definition) is 3. The van der Waals surface area contributed by atoms with E-state index in [9.17, 15) is 9.90 Å². The van der Waals surface area contributed by atoms with Crippen molar-refractivity contribution >= 4 is 18.7 Å². The van der Waals surface area contributed by atoms with Crippen molar-refractivity contribution in [3.05, 3.63) is 29.3 Å². The summed E-state index contributed by atoms with van der Waals surface area (Å²) in [5, 5.41) is 9.46. The van der Waals surface area contributed by atoms with E-state index in [-0.39, 0.29) is 23.3 Å². The van der Waals surface area contributed by atoms with Gasteiger partial charge >= 0.3 is 13.2 Å². The zero-order valence-corrected chi connectivity index (χ0v) is 14.0. The summed E-state index contributed by atoms with van der Waals surface area (Å²) in [6.07, 6.45) is 0.988. The van der Waals surface area contributed by atoms with Crippen molar-refractivity contribution in [2.24, 2.45) is 0 Å². The molecule has 0 spiro atoms. The second-order valence-electron chi connectivity index (χ2n) is 7.78. The molecule has 2 fully saturated rings. The Kier molecular flexibility index (Phi) is 2.95. The maximum absolute atomic E-state index is 11.5. The summed E-state index contributed by atoms with van der Waals surface area (Å²) in [7, 11) is -0.400. The molecular weight excluding hydrogens is 293 g/mol. The summed E-state index contributed by atoms with van der Waals surface area (Å²) < 4.78 is 12.2. The first-order valence-electron chi connectivity index (χ1n) is 8.22. The van der Waals surface area contributed by atoms with E-state index in [1.807, 2.05) is 33.8 Å². The molecule has 5 nitrogen and oxygen atoms in total. The highest BCUT2D eigenvalue weighted by atomic mass is 16.7. The molecule has 1 N–H and O–H groups in total. The van der Waals surface area contributed by atoms with Gasteiger partial charge in [-0.3, -0.25) is 4.90 Å². The maximum atomic E-state index is 11.5. The lowest BCUT2D eigenvalue weighted by Gasteiger charge is -2.32. The molecule has 23 heavy (non-hydrogen) atoms. The molecule has 0 saturated carbocycles. The highest BCUT2D eigenvalue weighted by Crippen LogP contribution is 2.52. The van der Waals surface area contributed by atoms with Crippen molar-refractivity contribution in [1.29, 1.82) is 0 Å². The molecule has 0 aromatic heterocycles. The molecule has 3 aliphatic heterocycles. The van der Waals surface area contributed by atoms with Crippen molar-refractivity contribution < 1.29 is 19.2 Å². The van der Waals surface area contributed by atoms with Gasteiger partial charge in [0.15, 0.2) is 0 Å². The van der Waals surface area contributed by atoms with Gasteiger partial charge in [-0.05, 0) is 57.1 Å². The van der Waals surface area contributed by atoms with Crippen LogP contribution >= 0.6 is 0 Å². The Morgan fingerprint density at radius 3 is 2.26 bits per heavy atom. The molecular formula is C17H22BNO4. The van der Waals surface area contributed by atoms with E-state index < -0.39 is 13.2 Å². The van der Waals surface area contributed by atoms with E-state index in [1.54, 1.807) is 4.90 Å². The Bertz CT molecular complexity index is 671. The van der Waals surface area contributed by atoms with Crippen molar-refractivity contribution in [2.75, 3.05) is 0 Å². The molecule has 0 aliphatic carbocycles. The van der Waals surface area contributed by atoms with Gasteiger partial charge in [-0.2, -0.15) is 0 Å². The number of nitrogens with zero attached hydrogens (tertiary/aromatic N) is 1. The van der Waals surface area contributed by atoms with E-state index in [0.717, 1.165) is 29.4 Å². The Morgan fingerprint density at radius 1 is 1.13 bits per heavy atom. The van der Waals surface area contributed by atoms with Crippen molar-refractivity contribution in [1.82, 2.24) is 4.90 Å². The largest absolute Gasteiger partial charge is 0.494 e. The molecule has 3 heterocycles. The van der Waals surface area contributed by atoms with Crippen LogP contribution < -0.4 is 5.46 Å². The fourth-order valence-corrected chi connectivity index (χ4v) is 4.00. The van der Waals surface area contributed by atoms with Crippen LogP contribution in [-0.2, 0) is 9.31 Å². The number of hydrogen-bond donors (Lipinski definition) is 1. The molecule has 3 aliphatic rings. The summed E-state index contributed by atoms with van der Waals surface area (Å²) in [4.78, 5) is 13.1. The zero-order chi connectivity index (χ0) is 16.6. The minimum Gasteiger partial charge on any atom is -0.465 e. The van der Waals surface area contributed by atoms with Crippen LogP contribution in [0.2, 0.25) is 0 Å². The van der Waals surface area contributed by atoms with Gasteiger partial charge in [0.25, 0.3) is 0 Å². The molecule has 1 aromatic carbocycles. The van der Waals surface area contributed by atoms with Crippen LogP contribution in [0.25, 0.3) is 0 Å². The molecule has 122 valence electrons. The normalized spacial score (nSPS) is 29.9. The topological polar surface area (TPSA) is 59.0 Å². The molecule has 2 saturated heterocycles. The van der Waals surface area contributed by atoms with Crippen molar-refractivity contribution in [3.63, 3.8) is 0 Å². The van der Waals surface area contributed by atoms with Gasteiger partial charge < -0.3 is 14.4 Å². The van der Waals surface area contributed by atoms with Gasteiger partial charge in [0, 0.05) is 0 Å². The standard InChI is InChI=1S/C17H22BNO4/c1-16(2)17(3,4)23-18(22-16)10-5-6-11-12(9-10)14-8-7-13(11)19(14)15(20)21/h5-6,9,13-14H,7-8H2,1-4H3,(H,20,21). The van der Waals surface area contributed by atoms with E-state index in [1.165, 1.54) is 0 Å². The first-order chi connectivity index (χ1) is 10.7. The first kappa shape index (κ1) is 15.0. The number of rotatable bonds is 1. The van der Waals surface area contributed by atoms with Gasteiger partial charge in [-0.1, -0.05) is 18.2 Å². The van der Waals surface area contributed by atoms with E-state index in [2.05, 4.69) is 12.1 Å². The minimum atomic E-state index is -0.828. The molecule has 2 atom stereocenters. The van der Waals surface area contributed by atoms with Crippen LogP contribution in [0.3, 0.4) is 0 Å². The van der Waals surface area contributed by atoms with Gasteiger partial charge in [-0.25, -0.2) is 4.79 Å². The Balaban J connectivity index is 1.68. The number of carbonyl (C=O) groups is 1. The average molecular weight is 315 g/mol. The van der Waals surface area contributed by atoms with Crippen molar-refractivity contribution in [3.8, 4) is 0 Å². The second-order valence-corrected chi connectivity index (χ2v) is 7.78. The van der Waals surface area contributed by atoms with Gasteiger partial charge in [0.2, 0.25) is 0 Å². The third kappa shape index (κ3) is 1.98. The predicted octanol–water partition coefficient (Wildman–Crippen LogP) is 2.86. The quantitative estimate of drug-likeness (QED) is 0.810. The third-order valence-electron chi connectivity index (χ3n) is 5.96. The molecule has 1 aromatic rings. The fourth-order valence-electron chi connectivity index (χ4n) is 4.00. The predicted molar refractivity (Wildman–Crippen MR) is 86.7 cm³/mol. The van der Waals surface area contributed by atoms with Crippen LogP contribution in [0.4, 0.5) is 4.79 Å². The van der Waals surface area contributed by atoms with Crippen LogP contribution in [0, 0.1) is 0 Å². The van der Waals surface area contributed by atoms with Crippen LogP contribution in [-0.4, -0.2) is 34.4 Å². The van der Waals surface area contributed by atoms with Crippen LogP contribution in [0.1, 0.15) is 63.7 Å². The summed E-state index contributed by atoms with van der Waals surface area (Å²) in [5.41, 5.74) is 2.49. The molecule has 6 heteroatoms. The summed E-state index contributed by atoms with van der Waals surface area (Å²) in [6.45, 7) is 8.14. The lowest BCUT2D eigenvalue weighted by molar-refractivity contribution is 0.00578. The van der Waals surface area contributed by atoms with Gasteiger partial charge in [0.05, 0.1) is 23.3 Å². The van der Waals surface area contributed by atoms with Crippen LogP contribution in [0.15, 0.2) is 18.2 Å². The summed E-state index contributed by atoms with van der Waals surface area (Å²) in [5.74, 6) is 0. The highest BCUT2D eigenvalue weighted by Gasteiger charge is 2.52. The summed E-state index contributed by atoms with van der Waals surface area (Å²) >= 11 is 0. The Labute approximate surface area is 136 Å². The number of benzene rings is 1. The maximum Gasteiger partial charge on any atom is 0.494 e. The Morgan fingerprint density at radius 2 is 1.70 bits per heavy atom. The lowest BCUT2D eigenvalue weighted by atomic mass is 9.76. The van der Waals surface area contributed by atoms with E-state index in [4.69, 9.17) is 9.31 Å². The smallest absolute Gasteiger partial charge is 0.465 e.